The first-order chi connectivity index (χ1) is 8.08. The van der Waals surface area contributed by atoms with Gasteiger partial charge < -0.3 is 16.2 Å². The number of benzene rings is 1. The van der Waals surface area contributed by atoms with Gasteiger partial charge in [0.05, 0.1) is 12.6 Å². The Morgan fingerprint density at radius 1 is 1.41 bits per heavy atom. The zero-order chi connectivity index (χ0) is 12.8. The molecule has 0 aliphatic carbocycles. The predicted molar refractivity (Wildman–Crippen MR) is 67.4 cm³/mol. The van der Waals surface area contributed by atoms with Crippen LogP contribution in [-0.2, 0) is 4.79 Å². The summed E-state index contributed by atoms with van der Waals surface area (Å²) in [5, 5.41) is 11.7. The van der Waals surface area contributed by atoms with Gasteiger partial charge in [0.25, 0.3) is 0 Å². The predicted octanol–water partition coefficient (Wildman–Crippen LogP) is 0.882. The maximum atomic E-state index is 11.8. The summed E-state index contributed by atoms with van der Waals surface area (Å²) in [6.07, 6.45) is 0.683. The topological polar surface area (TPSA) is 75.3 Å². The number of amides is 1. The van der Waals surface area contributed by atoms with Crippen LogP contribution in [0.25, 0.3) is 0 Å². The quantitative estimate of drug-likeness (QED) is 0.710. The van der Waals surface area contributed by atoms with Crippen LogP contribution >= 0.6 is 0 Å². The molecule has 0 fully saturated rings. The van der Waals surface area contributed by atoms with Crippen molar-refractivity contribution < 1.29 is 9.90 Å². The van der Waals surface area contributed by atoms with E-state index in [1.165, 1.54) is 0 Å². The number of hydrogen-bond acceptors (Lipinski definition) is 3. The lowest BCUT2D eigenvalue weighted by Gasteiger charge is -2.18. The van der Waals surface area contributed by atoms with Gasteiger partial charge in [0, 0.05) is 0 Å². The first-order valence-electron chi connectivity index (χ1n) is 5.81. The Kier molecular flexibility index (Phi) is 5.12. The van der Waals surface area contributed by atoms with Crippen molar-refractivity contribution in [3.63, 3.8) is 0 Å². The van der Waals surface area contributed by atoms with E-state index in [9.17, 15) is 4.79 Å². The van der Waals surface area contributed by atoms with Crippen molar-refractivity contribution in [3.8, 4) is 0 Å². The summed E-state index contributed by atoms with van der Waals surface area (Å²) in [7, 11) is 0. The van der Waals surface area contributed by atoms with Crippen LogP contribution in [0.15, 0.2) is 24.3 Å². The summed E-state index contributed by atoms with van der Waals surface area (Å²) in [6.45, 7) is 3.82. The number of aliphatic hydroxyl groups excluding tert-OH is 1. The first kappa shape index (κ1) is 13.7. The second-order valence-corrected chi connectivity index (χ2v) is 4.18. The van der Waals surface area contributed by atoms with E-state index < -0.39 is 6.04 Å². The van der Waals surface area contributed by atoms with Crippen LogP contribution in [0.4, 0.5) is 0 Å². The molecule has 1 amide bonds. The summed E-state index contributed by atoms with van der Waals surface area (Å²) in [5.74, 6) is -0.255. The normalized spacial score (nSPS) is 14.1. The summed E-state index contributed by atoms with van der Waals surface area (Å²) in [5.41, 5.74) is 7.76. The van der Waals surface area contributed by atoms with Crippen LogP contribution < -0.4 is 11.1 Å². The Morgan fingerprint density at radius 2 is 2.00 bits per heavy atom. The third-order valence-electron chi connectivity index (χ3n) is 2.78. The van der Waals surface area contributed by atoms with Crippen LogP contribution in [0.5, 0.6) is 0 Å². The maximum absolute atomic E-state index is 11.8. The van der Waals surface area contributed by atoms with E-state index in [1.54, 1.807) is 0 Å². The second kappa shape index (κ2) is 6.37. The van der Waals surface area contributed by atoms with Gasteiger partial charge in [-0.15, -0.1) is 0 Å². The number of rotatable bonds is 5. The first-order valence-corrected chi connectivity index (χ1v) is 5.81. The SMILES string of the molecule is CCC(CO)NC(=O)C(N)c1ccc(C)cc1. The molecule has 0 aromatic heterocycles. The lowest BCUT2D eigenvalue weighted by atomic mass is 10.0. The van der Waals surface area contributed by atoms with Gasteiger partial charge in [-0.05, 0) is 18.9 Å². The lowest BCUT2D eigenvalue weighted by Crippen LogP contribution is -2.42. The monoisotopic (exact) mass is 236 g/mol. The minimum absolute atomic E-state index is 0.0666. The Balaban J connectivity index is 2.66. The molecule has 0 aliphatic rings. The molecule has 1 aromatic rings. The highest BCUT2D eigenvalue weighted by Gasteiger charge is 2.18. The molecular formula is C13H20N2O2. The number of nitrogens with one attached hydrogen (secondary N) is 1. The summed E-state index contributed by atoms with van der Waals surface area (Å²) in [4.78, 5) is 11.8. The minimum atomic E-state index is -0.684. The Labute approximate surface area is 102 Å². The molecule has 1 rings (SSSR count). The molecule has 0 saturated heterocycles. The van der Waals surface area contributed by atoms with Crippen LogP contribution in [0.1, 0.15) is 30.5 Å². The fourth-order valence-corrected chi connectivity index (χ4v) is 1.49. The van der Waals surface area contributed by atoms with Gasteiger partial charge in [-0.3, -0.25) is 4.79 Å². The summed E-state index contributed by atoms with van der Waals surface area (Å²) < 4.78 is 0. The van der Waals surface area contributed by atoms with E-state index in [1.807, 2.05) is 38.1 Å². The highest BCUT2D eigenvalue weighted by atomic mass is 16.3. The van der Waals surface area contributed by atoms with Crippen molar-refractivity contribution in [1.82, 2.24) is 5.32 Å². The van der Waals surface area contributed by atoms with Gasteiger partial charge in [-0.2, -0.15) is 0 Å². The van der Waals surface area contributed by atoms with Gasteiger partial charge >= 0.3 is 0 Å². The molecule has 0 bridgehead atoms. The Hall–Kier alpha value is -1.39. The largest absolute Gasteiger partial charge is 0.394 e. The highest BCUT2D eigenvalue weighted by Crippen LogP contribution is 2.11. The van der Waals surface area contributed by atoms with Gasteiger partial charge in [0.2, 0.25) is 5.91 Å². The lowest BCUT2D eigenvalue weighted by molar-refractivity contribution is -0.123. The summed E-state index contributed by atoms with van der Waals surface area (Å²) in [6, 6.07) is 6.63. The van der Waals surface area contributed by atoms with E-state index in [0.717, 1.165) is 11.1 Å². The molecule has 4 N–H and O–H groups in total. The van der Waals surface area contributed by atoms with Gasteiger partial charge in [0.1, 0.15) is 6.04 Å². The van der Waals surface area contributed by atoms with Crippen molar-refractivity contribution in [2.45, 2.75) is 32.4 Å². The number of aryl methyl sites for hydroxylation is 1. The zero-order valence-electron chi connectivity index (χ0n) is 10.3. The number of carbonyl (C=O) groups is 1. The fraction of sp³-hybridized carbons (Fsp3) is 0.462. The van der Waals surface area contributed by atoms with Crippen LogP contribution in [-0.4, -0.2) is 23.7 Å². The molecule has 2 atom stereocenters. The summed E-state index contributed by atoms with van der Waals surface area (Å²) >= 11 is 0. The number of aliphatic hydroxyl groups is 1. The minimum Gasteiger partial charge on any atom is -0.394 e. The average molecular weight is 236 g/mol. The molecule has 17 heavy (non-hydrogen) atoms. The zero-order valence-corrected chi connectivity index (χ0v) is 10.3. The Bertz CT molecular complexity index is 358. The van der Waals surface area contributed by atoms with Crippen molar-refractivity contribution in [2.75, 3.05) is 6.61 Å². The molecule has 1 aromatic carbocycles. The molecule has 0 radical (unpaired) electrons. The van der Waals surface area contributed by atoms with Crippen molar-refractivity contribution in [2.24, 2.45) is 5.73 Å². The van der Waals surface area contributed by atoms with E-state index in [2.05, 4.69) is 5.32 Å². The molecule has 0 spiro atoms. The fourth-order valence-electron chi connectivity index (χ4n) is 1.49. The van der Waals surface area contributed by atoms with E-state index >= 15 is 0 Å². The maximum Gasteiger partial charge on any atom is 0.241 e. The third-order valence-corrected chi connectivity index (χ3v) is 2.78. The van der Waals surface area contributed by atoms with Crippen LogP contribution in [0.3, 0.4) is 0 Å². The Morgan fingerprint density at radius 3 is 2.47 bits per heavy atom. The van der Waals surface area contributed by atoms with Crippen LogP contribution in [0.2, 0.25) is 0 Å². The van der Waals surface area contributed by atoms with E-state index in [-0.39, 0.29) is 18.6 Å². The molecule has 4 nitrogen and oxygen atoms in total. The standard InChI is InChI=1S/C13H20N2O2/c1-3-11(8-16)15-13(17)12(14)10-6-4-9(2)5-7-10/h4-7,11-12,16H,3,8,14H2,1-2H3,(H,15,17). The van der Waals surface area contributed by atoms with Crippen molar-refractivity contribution >= 4 is 5.91 Å². The van der Waals surface area contributed by atoms with Gasteiger partial charge in [0.15, 0.2) is 0 Å². The van der Waals surface area contributed by atoms with Crippen molar-refractivity contribution in [3.05, 3.63) is 35.4 Å². The second-order valence-electron chi connectivity index (χ2n) is 4.18. The van der Waals surface area contributed by atoms with Crippen molar-refractivity contribution in [1.29, 1.82) is 0 Å². The number of carbonyl (C=O) groups excluding carboxylic acids is 1. The molecule has 0 saturated carbocycles. The molecule has 4 heteroatoms. The van der Waals surface area contributed by atoms with Crippen LogP contribution in [0, 0.1) is 6.92 Å². The molecular weight excluding hydrogens is 216 g/mol. The van der Waals surface area contributed by atoms with E-state index in [0.29, 0.717) is 6.42 Å². The highest BCUT2D eigenvalue weighted by molar-refractivity contribution is 5.83. The average Bonchev–Trinajstić information content (AvgIpc) is 2.35. The molecule has 0 aliphatic heterocycles. The molecule has 0 heterocycles. The third kappa shape index (κ3) is 3.84. The smallest absolute Gasteiger partial charge is 0.241 e. The molecule has 94 valence electrons. The number of hydrogen-bond donors (Lipinski definition) is 3. The van der Waals surface area contributed by atoms with Gasteiger partial charge in [-0.1, -0.05) is 36.8 Å². The van der Waals surface area contributed by atoms with Gasteiger partial charge in [-0.25, -0.2) is 0 Å². The number of nitrogens with two attached hydrogens (primary N) is 1. The molecule has 2 unspecified atom stereocenters. The van der Waals surface area contributed by atoms with E-state index in [4.69, 9.17) is 10.8 Å².